The smallest absolute Gasteiger partial charge is 0.301 e. The highest BCUT2D eigenvalue weighted by Crippen LogP contribution is 2.22. The van der Waals surface area contributed by atoms with Crippen molar-refractivity contribution in [3.05, 3.63) is 65.0 Å². The molecule has 7 nitrogen and oxygen atoms in total. The lowest BCUT2D eigenvalue weighted by molar-refractivity contribution is 0.340. The van der Waals surface area contributed by atoms with Crippen LogP contribution >= 0.6 is 0 Å². The molecule has 3 aromatic rings. The van der Waals surface area contributed by atoms with Gasteiger partial charge in [0.05, 0.1) is 18.0 Å². The summed E-state index contributed by atoms with van der Waals surface area (Å²) in [4.78, 5) is 12.4. The second-order valence-corrected chi connectivity index (χ2v) is 4.98. The van der Waals surface area contributed by atoms with Crippen LogP contribution in [-0.4, -0.2) is 16.4 Å². The van der Waals surface area contributed by atoms with Crippen molar-refractivity contribution in [3.63, 3.8) is 0 Å². The molecule has 3 N–H and O–H groups in total. The van der Waals surface area contributed by atoms with E-state index in [1.165, 1.54) is 4.68 Å². The molecule has 0 saturated heterocycles. The molecule has 0 spiro atoms. The van der Waals surface area contributed by atoms with Gasteiger partial charge >= 0.3 is 5.56 Å². The van der Waals surface area contributed by atoms with Crippen molar-refractivity contribution in [1.29, 1.82) is 0 Å². The van der Waals surface area contributed by atoms with E-state index in [9.17, 15) is 4.79 Å². The average Bonchev–Trinajstić information content (AvgIpc) is 2.90. The zero-order chi connectivity index (χ0) is 16.9. The highest BCUT2D eigenvalue weighted by atomic mass is 16.5. The molecule has 0 amide bonds. The standard InChI is InChI=1S/C17H17N5O2/c1-2-24-14-10-8-12(9-11-14)19-20-15-16(18)21-22(17(15)23)13-6-4-3-5-7-13/h3-11,21H,2,18H2,1H3. The van der Waals surface area contributed by atoms with Crippen molar-refractivity contribution in [3.8, 4) is 11.4 Å². The molecule has 122 valence electrons. The topological polar surface area (TPSA) is 97.8 Å². The van der Waals surface area contributed by atoms with Crippen molar-refractivity contribution in [2.24, 2.45) is 10.2 Å². The number of benzene rings is 2. The van der Waals surface area contributed by atoms with Crippen LogP contribution in [-0.2, 0) is 0 Å². The molecule has 0 aliphatic carbocycles. The van der Waals surface area contributed by atoms with E-state index in [-0.39, 0.29) is 17.1 Å². The highest BCUT2D eigenvalue weighted by molar-refractivity contribution is 5.57. The van der Waals surface area contributed by atoms with Crippen LogP contribution in [0.15, 0.2) is 69.6 Å². The third-order valence-corrected chi connectivity index (χ3v) is 3.32. The van der Waals surface area contributed by atoms with Crippen molar-refractivity contribution in [2.45, 2.75) is 6.92 Å². The number of aromatic amines is 1. The first-order valence-corrected chi connectivity index (χ1v) is 7.49. The monoisotopic (exact) mass is 323 g/mol. The van der Waals surface area contributed by atoms with Crippen molar-refractivity contribution >= 4 is 17.2 Å². The summed E-state index contributed by atoms with van der Waals surface area (Å²) < 4.78 is 6.70. The van der Waals surface area contributed by atoms with Gasteiger partial charge < -0.3 is 10.5 Å². The van der Waals surface area contributed by atoms with Crippen LogP contribution in [0.25, 0.3) is 5.69 Å². The predicted octanol–water partition coefficient (Wildman–Crippen LogP) is 3.56. The number of nitrogen functional groups attached to an aromatic ring is 1. The number of H-pyrrole nitrogens is 1. The fraction of sp³-hybridized carbons (Fsp3) is 0.118. The molecule has 0 radical (unpaired) electrons. The zero-order valence-corrected chi connectivity index (χ0v) is 13.1. The number of nitrogens with zero attached hydrogens (tertiary/aromatic N) is 3. The van der Waals surface area contributed by atoms with Crippen molar-refractivity contribution < 1.29 is 4.74 Å². The van der Waals surface area contributed by atoms with E-state index in [1.54, 1.807) is 36.4 Å². The Morgan fingerprint density at radius 2 is 1.79 bits per heavy atom. The number of anilines is 1. The highest BCUT2D eigenvalue weighted by Gasteiger charge is 2.12. The number of para-hydroxylation sites is 1. The Labute approximate surface area is 138 Å². The number of nitrogens with one attached hydrogen (secondary N) is 1. The maximum atomic E-state index is 12.4. The van der Waals surface area contributed by atoms with Gasteiger partial charge in [0.2, 0.25) is 0 Å². The Morgan fingerprint density at radius 3 is 2.46 bits per heavy atom. The van der Waals surface area contributed by atoms with Crippen molar-refractivity contribution in [1.82, 2.24) is 9.78 Å². The van der Waals surface area contributed by atoms with Gasteiger partial charge in [-0.3, -0.25) is 9.89 Å². The van der Waals surface area contributed by atoms with E-state index in [0.717, 1.165) is 5.75 Å². The van der Waals surface area contributed by atoms with E-state index in [4.69, 9.17) is 10.5 Å². The van der Waals surface area contributed by atoms with Gasteiger partial charge in [-0.25, -0.2) is 4.68 Å². The van der Waals surface area contributed by atoms with E-state index < -0.39 is 0 Å². The minimum Gasteiger partial charge on any atom is -0.494 e. The second-order valence-electron chi connectivity index (χ2n) is 4.98. The number of aromatic nitrogens is 2. The Kier molecular flexibility index (Phi) is 4.42. The molecule has 0 unspecified atom stereocenters. The Morgan fingerprint density at radius 1 is 1.08 bits per heavy atom. The third kappa shape index (κ3) is 3.19. The van der Waals surface area contributed by atoms with Gasteiger partial charge in [0.15, 0.2) is 5.69 Å². The minimum absolute atomic E-state index is 0.0766. The van der Waals surface area contributed by atoms with E-state index in [0.29, 0.717) is 18.0 Å². The van der Waals surface area contributed by atoms with Gasteiger partial charge in [-0.1, -0.05) is 18.2 Å². The third-order valence-electron chi connectivity index (χ3n) is 3.32. The van der Waals surface area contributed by atoms with Crippen LogP contribution in [0, 0.1) is 0 Å². The maximum absolute atomic E-state index is 12.4. The molecule has 3 rings (SSSR count). The number of nitrogens with two attached hydrogens (primary N) is 1. The molecule has 0 bridgehead atoms. The zero-order valence-electron chi connectivity index (χ0n) is 13.1. The molecule has 24 heavy (non-hydrogen) atoms. The van der Waals surface area contributed by atoms with Gasteiger partial charge in [0, 0.05) is 0 Å². The number of rotatable bonds is 5. The fourth-order valence-corrected chi connectivity index (χ4v) is 2.18. The molecule has 1 aromatic heterocycles. The van der Waals surface area contributed by atoms with Gasteiger partial charge in [-0.15, -0.1) is 5.11 Å². The number of azo groups is 1. The molecule has 0 fully saturated rings. The fourth-order valence-electron chi connectivity index (χ4n) is 2.18. The largest absolute Gasteiger partial charge is 0.494 e. The summed E-state index contributed by atoms with van der Waals surface area (Å²) in [6.07, 6.45) is 0. The maximum Gasteiger partial charge on any atom is 0.301 e. The number of ether oxygens (including phenoxy) is 1. The van der Waals surface area contributed by atoms with Crippen LogP contribution in [0.1, 0.15) is 6.92 Å². The van der Waals surface area contributed by atoms with Gasteiger partial charge in [0.25, 0.3) is 0 Å². The first kappa shape index (κ1) is 15.5. The molecule has 2 aromatic carbocycles. The van der Waals surface area contributed by atoms with Crippen molar-refractivity contribution in [2.75, 3.05) is 12.3 Å². The Bertz CT molecular complexity index is 895. The van der Waals surface area contributed by atoms with Gasteiger partial charge in [-0.2, -0.15) is 5.11 Å². The summed E-state index contributed by atoms with van der Waals surface area (Å²) >= 11 is 0. The van der Waals surface area contributed by atoms with Crippen LogP contribution in [0.2, 0.25) is 0 Å². The number of hydrogen-bond acceptors (Lipinski definition) is 5. The van der Waals surface area contributed by atoms with Gasteiger partial charge in [0.1, 0.15) is 11.6 Å². The van der Waals surface area contributed by atoms with Crippen LogP contribution in [0.4, 0.5) is 17.2 Å². The van der Waals surface area contributed by atoms with Gasteiger partial charge in [-0.05, 0) is 43.3 Å². The van der Waals surface area contributed by atoms with Crippen LogP contribution in [0.5, 0.6) is 5.75 Å². The molecular formula is C17H17N5O2. The molecular weight excluding hydrogens is 306 g/mol. The minimum atomic E-state index is -0.353. The van der Waals surface area contributed by atoms with E-state index in [1.807, 2.05) is 25.1 Å². The Balaban J connectivity index is 1.88. The van der Waals surface area contributed by atoms with Crippen LogP contribution < -0.4 is 16.0 Å². The van der Waals surface area contributed by atoms with E-state index in [2.05, 4.69) is 15.3 Å². The second kappa shape index (κ2) is 6.82. The molecule has 0 aliphatic rings. The summed E-state index contributed by atoms with van der Waals surface area (Å²) in [7, 11) is 0. The summed E-state index contributed by atoms with van der Waals surface area (Å²) in [6, 6.07) is 16.2. The molecule has 0 atom stereocenters. The summed E-state index contributed by atoms with van der Waals surface area (Å²) in [5.41, 5.74) is 6.86. The lowest BCUT2D eigenvalue weighted by Crippen LogP contribution is -2.13. The first-order chi connectivity index (χ1) is 11.7. The summed E-state index contributed by atoms with van der Waals surface area (Å²) in [5.74, 6) is 0.919. The molecule has 1 heterocycles. The molecule has 0 saturated carbocycles. The molecule has 7 heteroatoms. The number of hydrogen-bond donors (Lipinski definition) is 2. The first-order valence-electron chi connectivity index (χ1n) is 7.49. The quantitative estimate of drug-likeness (QED) is 0.702. The average molecular weight is 323 g/mol. The van der Waals surface area contributed by atoms with E-state index >= 15 is 0 Å². The normalized spacial score (nSPS) is 11.0. The summed E-state index contributed by atoms with van der Waals surface area (Å²) in [6.45, 7) is 2.51. The SMILES string of the molecule is CCOc1ccc(N=Nc2c(N)[nH]n(-c3ccccc3)c2=O)cc1. The predicted molar refractivity (Wildman–Crippen MR) is 92.6 cm³/mol. The molecule has 0 aliphatic heterocycles. The van der Waals surface area contributed by atoms with Crippen LogP contribution in [0.3, 0.4) is 0 Å². The lowest BCUT2D eigenvalue weighted by atomic mass is 10.3. The summed E-state index contributed by atoms with van der Waals surface area (Å²) in [5, 5.41) is 10.9. The lowest BCUT2D eigenvalue weighted by Gasteiger charge is -2.01. The Hall–Kier alpha value is -3.35.